The van der Waals surface area contributed by atoms with E-state index in [1.54, 1.807) is 0 Å². The second kappa shape index (κ2) is 6.96. The average molecular weight is 241 g/mol. The first kappa shape index (κ1) is 12.7. The van der Waals surface area contributed by atoms with Crippen molar-refractivity contribution >= 4 is 11.8 Å². The van der Waals surface area contributed by atoms with Gasteiger partial charge in [-0.05, 0) is 16.4 Å². The van der Waals surface area contributed by atoms with Crippen LogP contribution in [0.15, 0.2) is 11.2 Å². The van der Waals surface area contributed by atoms with Gasteiger partial charge >= 0.3 is 5.97 Å². The molecule has 0 aliphatic rings. The predicted molar refractivity (Wildman–Crippen MR) is 53.3 cm³/mol. The Morgan fingerprint density at radius 1 is 1.71 bits per heavy atom. The maximum atomic E-state index is 10.7. The molecule has 0 saturated carbocycles. The van der Waals surface area contributed by atoms with Crippen molar-refractivity contribution < 1.29 is 19.6 Å². The van der Waals surface area contributed by atoms with Crippen LogP contribution in [0.4, 0.5) is 0 Å². The van der Waals surface area contributed by atoms with Crippen LogP contribution in [0.2, 0.25) is 0 Å². The van der Waals surface area contributed by atoms with Crippen LogP contribution in [-0.4, -0.2) is 51.1 Å². The van der Waals surface area contributed by atoms with Gasteiger partial charge in [-0.2, -0.15) is 0 Å². The molecule has 1 N–H and O–H groups in total. The first-order valence-electron chi connectivity index (χ1n) is 4.66. The summed E-state index contributed by atoms with van der Waals surface area (Å²) in [7, 11) is 1.30. The van der Waals surface area contributed by atoms with Gasteiger partial charge in [0, 0.05) is 17.3 Å². The van der Waals surface area contributed by atoms with Crippen molar-refractivity contribution in [2.75, 3.05) is 13.7 Å². The summed E-state index contributed by atoms with van der Waals surface area (Å²) in [5.74, 6) is 2.36. The van der Waals surface area contributed by atoms with Crippen molar-refractivity contribution in [3.8, 4) is 0 Å². The average Bonchev–Trinajstić information content (AvgIpc) is 2.73. The fourth-order valence-corrected chi connectivity index (χ4v) is 0.804. The molecule has 1 aromatic rings. The number of carbonyl (C=O) groups is 1. The van der Waals surface area contributed by atoms with Gasteiger partial charge in [0.15, 0.2) is 5.82 Å². The largest absolute Gasteiger partial charge is 0.469 e. The van der Waals surface area contributed by atoms with Crippen molar-refractivity contribution in [3.05, 3.63) is 11.9 Å². The molecule has 0 unspecified atom stereocenters. The van der Waals surface area contributed by atoms with Crippen molar-refractivity contribution in [1.82, 2.24) is 20.4 Å². The molecule has 0 aliphatic heterocycles. The van der Waals surface area contributed by atoms with E-state index in [2.05, 4.69) is 31.2 Å². The van der Waals surface area contributed by atoms with E-state index in [1.807, 2.05) is 0 Å². The third-order valence-corrected chi connectivity index (χ3v) is 1.57. The van der Waals surface area contributed by atoms with Crippen LogP contribution in [0.3, 0.4) is 0 Å². The minimum absolute atomic E-state index is 0.0871. The maximum Gasteiger partial charge on any atom is 0.310 e. The number of carbonyl (C=O) groups excluding carboxylic acids is 1. The molecule has 0 spiro atoms. The van der Waals surface area contributed by atoms with E-state index >= 15 is 0 Å². The van der Waals surface area contributed by atoms with E-state index in [0.29, 0.717) is 17.2 Å². The number of ether oxygens (including phenoxy) is 1. The molecule has 0 bridgehead atoms. The van der Waals surface area contributed by atoms with Gasteiger partial charge in [0.05, 0.1) is 13.5 Å². The highest BCUT2D eigenvalue weighted by molar-refractivity contribution is 5.73. The van der Waals surface area contributed by atoms with Gasteiger partial charge in [0.1, 0.15) is 6.61 Å². The molecule has 1 heterocycles. The minimum Gasteiger partial charge on any atom is -0.469 e. The van der Waals surface area contributed by atoms with Crippen LogP contribution < -0.4 is 0 Å². The summed E-state index contributed by atoms with van der Waals surface area (Å²) in [6, 6.07) is 0. The van der Waals surface area contributed by atoms with E-state index in [-0.39, 0.29) is 19.0 Å². The molecule has 0 saturated heterocycles. The molecular formula is C8H11N5O4. The molecule has 0 amide bonds. The van der Waals surface area contributed by atoms with Gasteiger partial charge in [-0.25, -0.2) is 0 Å². The summed E-state index contributed by atoms with van der Waals surface area (Å²) in [5, 5.41) is 22.4. The number of tetrazole rings is 1. The third kappa shape index (κ3) is 5.28. The molecule has 9 nitrogen and oxygen atoms in total. The molecule has 0 radical (unpaired) electrons. The number of nitrogens with zero attached hydrogens (tertiary/aromatic N) is 5. The normalized spacial score (nSPS) is 9.24. The van der Waals surface area contributed by atoms with Crippen LogP contribution in [-0.2, 0) is 20.8 Å². The third-order valence-electron chi connectivity index (χ3n) is 1.57. The first-order valence-corrected chi connectivity index (χ1v) is 4.66. The Morgan fingerprint density at radius 3 is 3.18 bits per heavy atom. The lowest BCUT2D eigenvalue weighted by molar-refractivity contribution is -0.139. The van der Waals surface area contributed by atoms with Gasteiger partial charge in [-0.1, -0.05) is 5.10 Å². The van der Waals surface area contributed by atoms with E-state index in [1.165, 1.54) is 13.2 Å². The monoisotopic (exact) mass is 241 g/mol. The summed E-state index contributed by atoms with van der Waals surface area (Å²) in [6.45, 7) is 0.213. The lowest BCUT2D eigenvalue weighted by Gasteiger charge is -1.92. The Labute approximate surface area is 96.3 Å². The quantitative estimate of drug-likeness (QED) is 0.227. The SMILES string of the molecule is COC(=O)CC=C=NOCCc1nnn(O)n1. The number of methoxy groups -OCH3 is 1. The van der Waals surface area contributed by atoms with Gasteiger partial charge < -0.3 is 14.8 Å². The highest BCUT2D eigenvalue weighted by Gasteiger charge is 2.00. The van der Waals surface area contributed by atoms with Gasteiger partial charge in [0.2, 0.25) is 0 Å². The highest BCUT2D eigenvalue weighted by atomic mass is 16.6. The molecule has 0 aromatic carbocycles. The Balaban J connectivity index is 2.15. The van der Waals surface area contributed by atoms with Crippen molar-refractivity contribution in [2.24, 2.45) is 5.16 Å². The smallest absolute Gasteiger partial charge is 0.310 e. The zero-order valence-electron chi connectivity index (χ0n) is 9.11. The molecule has 0 atom stereocenters. The second-order valence-electron chi connectivity index (χ2n) is 2.76. The first-order chi connectivity index (χ1) is 8.22. The summed E-state index contributed by atoms with van der Waals surface area (Å²) in [4.78, 5) is 15.8. The number of aromatic nitrogens is 4. The number of hydrogen-bond acceptors (Lipinski definition) is 8. The van der Waals surface area contributed by atoms with Gasteiger partial charge in [0.25, 0.3) is 0 Å². The maximum absolute atomic E-state index is 10.7. The molecular weight excluding hydrogens is 230 g/mol. The van der Waals surface area contributed by atoms with Crippen LogP contribution in [0, 0.1) is 0 Å². The van der Waals surface area contributed by atoms with Crippen LogP contribution in [0.25, 0.3) is 0 Å². The van der Waals surface area contributed by atoms with E-state index in [4.69, 9.17) is 10.0 Å². The molecule has 1 rings (SSSR count). The number of hydrogen-bond donors (Lipinski definition) is 1. The van der Waals surface area contributed by atoms with Crippen LogP contribution in [0.5, 0.6) is 0 Å². The Bertz CT molecular complexity index is 423. The lowest BCUT2D eigenvalue weighted by atomic mass is 10.4. The van der Waals surface area contributed by atoms with Crippen molar-refractivity contribution in [3.63, 3.8) is 0 Å². The zero-order valence-corrected chi connectivity index (χ0v) is 9.11. The fourth-order valence-electron chi connectivity index (χ4n) is 0.804. The molecule has 1 aromatic heterocycles. The standard InChI is InChI=1S/C8H11N5O4/c1-16-8(14)3-2-5-9-17-6-4-7-10-12-13(15)11-7/h2,15H,3-4,6H2,1H3. The molecule has 9 heteroatoms. The number of esters is 1. The topological polar surface area (TPSA) is 112 Å². The second-order valence-corrected chi connectivity index (χ2v) is 2.76. The highest BCUT2D eigenvalue weighted by Crippen LogP contribution is 1.88. The van der Waals surface area contributed by atoms with E-state index in [9.17, 15) is 4.79 Å². The number of rotatable bonds is 6. The van der Waals surface area contributed by atoms with Gasteiger partial charge in [-0.15, -0.1) is 5.10 Å². The van der Waals surface area contributed by atoms with Crippen LogP contribution >= 0.6 is 0 Å². The Hall–Kier alpha value is -2.41. The summed E-state index contributed by atoms with van der Waals surface area (Å²) >= 11 is 0. The van der Waals surface area contributed by atoms with Crippen molar-refractivity contribution in [2.45, 2.75) is 12.8 Å². The summed E-state index contributed by atoms with van der Waals surface area (Å²) in [5.41, 5.74) is 0. The lowest BCUT2D eigenvalue weighted by Crippen LogP contribution is -1.98. The van der Waals surface area contributed by atoms with Crippen LogP contribution in [0.1, 0.15) is 12.2 Å². The molecule has 92 valence electrons. The molecule has 0 aliphatic carbocycles. The minimum atomic E-state index is -0.378. The van der Waals surface area contributed by atoms with E-state index in [0.717, 1.165) is 0 Å². The fraction of sp³-hybridized carbons (Fsp3) is 0.500. The van der Waals surface area contributed by atoms with Gasteiger partial charge in [-0.3, -0.25) is 4.79 Å². The zero-order chi connectivity index (χ0) is 12.5. The Kier molecular flexibility index (Phi) is 5.18. The predicted octanol–water partition coefficient (Wildman–Crippen LogP) is -0.827. The Morgan fingerprint density at radius 2 is 2.53 bits per heavy atom. The van der Waals surface area contributed by atoms with Crippen molar-refractivity contribution in [1.29, 1.82) is 0 Å². The summed E-state index contributed by atoms with van der Waals surface area (Å²) < 4.78 is 4.40. The molecule has 17 heavy (non-hydrogen) atoms. The van der Waals surface area contributed by atoms with E-state index < -0.39 is 0 Å². The summed E-state index contributed by atoms with van der Waals surface area (Å²) in [6.07, 6.45) is 1.82. The molecule has 0 fully saturated rings.